The molecule has 5 nitrogen and oxygen atoms in total. The number of rotatable bonds is 4. The first kappa shape index (κ1) is 22.0. The summed E-state index contributed by atoms with van der Waals surface area (Å²) in [5, 5.41) is 6.47. The number of halogens is 2. The molecule has 1 amide bonds. The second-order valence-electron chi connectivity index (χ2n) is 10.4. The fourth-order valence-electron chi connectivity index (χ4n) is 6.96. The molecular weight excluding hydrogens is 473 g/mol. The summed E-state index contributed by atoms with van der Waals surface area (Å²) in [5.41, 5.74) is 2.55. The third kappa shape index (κ3) is 4.20. The van der Waals surface area contributed by atoms with Crippen molar-refractivity contribution in [1.29, 1.82) is 0 Å². The summed E-state index contributed by atoms with van der Waals surface area (Å²) in [4.78, 5) is 17.3. The van der Waals surface area contributed by atoms with Gasteiger partial charge in [0.25, 0.3) is 0 Å². The molecule has 0 aliphatic heterocycles. The summed E-state index contributed by atoms with van der Waals surface area (Å²) in [7, 11) is 0. The zero-order chi connectivity index (χ0) is 23.4. The quantitative estimate of drug-likeness (QED) is 0.392. The lowest BCUT2D eigenvalue weighted by Crippen LogP contribution is -2.48. The molecule has 7 rings (SSSR count). The molecule has 4 fully saturated rings. The van der Waals surface area contributed by atoms with E-state index >= 15 is 0 Å². The predicted octanol–water partition coefficient (Wildman–Crippen LogP) is 6.71. The zero-order valence-corrected chi connectivity index (χ0v) is 20.1. The molecule has 4 aliphatic carbocycles. The number of amides is 1. The lowest BCUT2D eigenvalue weighted by Gasteiger charge is -2.56. The molecule has 0 radical (unpaired) electrons. The molecule has 4 saturated carbocycles. The van der Waals surface area contributed by atoms with Crippen LogP contribution in [0.5, 0.6) is 0 Å². The van der Waals surface area contributed by atoms with Crippen molar-refractivity contribution in [2.45, 2.75) is 44.9 Å². The molecule has 176 valence electrons. The van der Waals surface area contributed by atoms with Gasteiger partial charge in [-0.3, -0.25) is 4.79 Å². The third-order valence-electron chi connectivity index (χ3n) is 7.76. The summed E-state index contributed by atoms with van der Waals surface area (Å²) in [6.45, 7) is 0. The van der Waals surface area contributed by atoms with Crippen molar-refractivity contribution >= 4 is 51.6 Å². The number of hydrogen-bond donors (Lipinski definition) is 2. The Morgan fingerprint density at radius 2 is 1.82 bits per heavy atom. The van der Waals surface area contributed by atoms with Crippen LogP contribution in [0.15, 0.2) is 40.8 Å². The number of thiocarbonyl (C=S) groups is 1. The van der Waals surface area contributed by atoms with Crippen LogP contribution >= 0.6 is 23.8 Å². The van der Waals surface area contributed by atoms with Crippen LogP contribution in [0.4, 0.5) is 10.1 Å². The van der Waals surface area contributed by atoms with Crippen LogP contribution in [0.3, 0.4) is 0 Å². The van der Waals surface area contributed by atoms with Gasteiger partial charge in [-0.2, -0.15) is 0 Å². The van der Waals surface area contributed by atoms with Crippen LogP contribution in [0, 0.1) is 29.0 Å². The summed E-state index contributed by atoms with van der Waals surface area (Å²) in [5.74, 6) is 2.32. The number of benzene rings is 2. The second kappa shape index (κ2) is 8.31. The minimum absolute atomic E-state index is 0.00444. The number of nitrogens with one attached hydrogen (secondary N) is 2. The molecule has 0 atom stereocenters. The van der Waals surface area contributed by atoms with Gasteiger partial charge in [0.1, 0.15) is 11.3 Å². The lowest BCUT2D eigenvalue weighted by molar-refractivity contribution is -0.127. The first-order valence-electron chi connectivity index (χ1n) is 11.8. The molecule has 8 heteroatoms. The SMILES string of the molecule is O=C(CC12CC3CC(CC(C3)C1)C2)NC(=S)Nc1ccc2oc(-c3ccc(F)cc3Cl)nc2c1. The number of fused-ring (bicyclic) bond motifs is 1. The summed E-state index contributed by atoms with van der Waals surface area (Å²) in [6.07, 6.45) is 8.21. The summed E-state index contributed by atoms with van der Waals surface area (Å²) >= 11 is 11.6. The number of carbonyl (C=O) groups is 1. The minimum Gasteiger partial charge on any atom is -0.436 e. The van der Waals surface area contributed by atoms with Crippen molar-refractivity contribution < 1.29 is 13.6 Å². The number of aromatic nitrogens is 1. The Hall–Kier alpha value is -2.51. The normalized spacial score (nSPS) is 27.2. The zero-order valence-electron chi connectivity index (χ0n) is 18.6. The lowest BCUT2D eigenvalue weighted by atomic mass is 9.49. The molecule has 4 bridgehead atoms. The molecule has 0 saturated heterocycles. The molecule has 1 aromatic heterocycles. The Labute approximate surface area is 207 Å². The topological polar surface area (TPSA) is 67.2 Å². The van der Waals surface area contributed by atoms with Crippen molar-refractivity contribution in [2.24, 2.45) is 23.2 Å². The number of anilines is 1. The Morgan fingerprint density at radius 1 is 1.12 bits per heavy atom. The molecule has 4 aliphatic rings. The van der Waals surface area contributed by atoms with Gasteiger partial charge < -0.3 is 15.1 Å². The van der Waals surface area contributed by atoms with E-state index < -0.39 is 5.82 Å². The fourth-order valence-corrected chi connectivity index (χ4v) is 7.44. The average molecular weight is 498 g/mol. The van der Waals surface area contributed by atoms with Gasteiger partial charge in [0, 0.05) is 12.1 Å². The van der Waals surface area contributed by atoms with Crippen molar-refractivity contribution in [3.05, 3.63) is 47.2 Å². The Balaban J connectivity index is 1.11. The van der Waals surface area contributed by atoms with Crippen LogP contribution in [-0.2, 0) is 4.79 Å². The van der Waals surface area contributed by atoms with E-state index in [4.69, 9.17) is 28.2 Å². The van der Waals surface area contributed by atoms with Gasteiger partial charge in [-0.1, -0.05) is 11.6 Å². The van der Waals surface area contributed by atoms with Crippen LogP contribution in [0.25, 0.3) is 22.6 Å². The largest absolute Gasteiger partial charge is 0.436 e. The summed E-state index contributed by atoms with van der Waals surface area (Å²) < 4.78 is 19.1. The van der Waals surface area contributed by atoms with Gasteiger partial charge in [-0.05, 0) is 110 Å². The maximum atomic E-state index is 13.4. The molecule has 2 aromatic carbocycles. The second-order valence-corrected chi connectivity index (χ2v) is 11.2. The highest BCUT2D eigenvalue weighted by Gasteiger charge is 2.51. The van der Waals surface area contributed by atoms with Crippen LogP contribution in [0.1, 0.15) is 44.9 Å². The standard InChI is InChI=1S/C26H25ClFN3O2S/c27-20-8-17(28)1-3-19(20)24-30-21-9-18(2-4-22(21)33-24)29-25(34)31-23(32)13-26-10-14-5-15(11-26)7-16(6-14)12-26/h1-4,8-9,14-16H,5-7,10-13H2,(H2,29,31,32,34). The maximum absolute atomic E-state index is 13.4. The highest BCUT2D eigenvalue weighted by Crippen LogP contribution is 2.61. The van der Waals surface area contributed by atoms with E-state index in [1.807, 2.05) is 0 Å². The third-order valence-corrected chi connectivity index (χ3v) is 8.28. The summed E-state index contributed by atoms with van der Waals surface area (Å²) in [6, 6.07) is 9.44. The van der Waals surface area contributed by atoms with Crippen LogP contribution in [0.2, 0.25) is 5.02 Å². The molecule has 2 N–H and O–H groups in total. The van der Waals surface area contributed by atoms with E-state index in [0.717, 1.165) is 17.8 Å². The van der Waals surface area contributed by atoms with Gasteiger partial charge >= 0.3 is 0 Å². The van der Waals surface area contributed by atoms with E-state index in [1.54, 1.807) is 18.2 Å². The van der Waals surface area contributed by atoms with Crippen molar-refractivity contribution in [2.75, 3.05) is 5.32 Å². The van der Waals surface area contributed by atoms with Crippen molar-refractivity contribution in [1.82, 2.24) is 10.3 Å². The van der Waals surface area contributed by atoms with Crippen molar-refractivity contribution in [3.63, 3.8) is 0 Å². The molecule has 1 heterocycles. The van der Waals surface area contributed by atoms with E-state index in [9.17, 15) is 9.18 Å². The number of oxazole rings is 1. The Bertz CT molecular complexity index is 1270. The van der Waals surface area contributed by atoms with Crippen LogP contribution < -0.4 is 10.6 Å². The van der Waals surface area contributed by atoms with Crippen LogP contribution in [-0.4, -0.2) is 16.0 Å². The monoisotopic (exact) mass is 497 g/mol. The van der Waals surface area contributed by atoms with E-state index in [1.165, 1.54) is 56.7 Å². The smallest absolute Gasteiger partial charge is 0.228 e. The van der Waals surface area contributed by atoms with Gasteiger partial charge in [-0.25, -0.2) is 9.37 Å². The number of hydrogen-bond acceptors (Lipinski definition) is 4. The van der Waals surface area contributed by atoms with Gasteiger partial charge in [-0.15, -0.1) is 0 Å². The first-order valence-corrected chi connectivity index (χ1v) is 12.6. The number of nitrogens with zero attached hydrogens (tertiary/aromatic N) is 1. The molecule has 0 unspecified atom stereocenters. The van der Waals surface area contributed by atoms with Gasteiger partial charge in [0.05, 0.1) is 10.6 Å². The highest BCUT2D eigenvalue weighted by atomic mass is 35.5. The van der Waals surface area contributed by atoms with E-state index in [-0.39, 0.29) is 21.5 Å². The minimum atomic E-state index is -0.421. The van der Waals surface area contributed by atoms with E-state index in [2.05, 4.69) is 15.6 Å². The van der Waals surface area contributed by atoms with Crippen molar-refractivity contribution in [3.8, 4) is 11.5 Å². The molecule has 34 heavy (non-hydrogen) atoms. The van der Waals surface area contributed by atoms with Gasteiger partial charge in [0.2, 0.25) is 11.8 Å². The predicted molar refractivity (Wildman–Crippen MR) is 134 cm³/mol. The van der Waals surface area contributed by atoms with Gasteiger partial charge in [0.15, 0.2) is 10.7 Å². The molecule has 0 spiro atoms. The molecule has 3 aromatic rings. The maximum Gasteiger partial charge on any atom is 0.228 e. The fraction of sp³-hybridized carbons (Fsp3) is 0.423. The Kier molecular flexibility index (Phi) is 5.37. The number of carbonyl (C=O) groups excluding carboxylic acids is 1. The van der Waals surface area contributed by atoms with E-state index in [0.29, 0.717) is 34.7 Å². The average Bonchev–Trinajstić information content (AvgIpc) is 3.15. The molecular formula is C26H25ClFN3O2S. The Morgan fingerprint density at radius 3 is 2.50 bits per heavy atom. The highest BCUT2D eigenvalue weighted by molar-refractivity contribution is 7.80. The first-order chi connectivity index (χ1) is 16.3.